The minimum atomic E-state index is -0.449. The molecule has 3 aliphatic heterocycles. The molecule has 0 aromatic heterocycles. The summed E-state index contributed by atoms with van der Waals surface area (Å²) in [6.45, 7) is 18.3. The summed E-state index contributed by atoms with van der Waals surface area (Å²) in [7, 11) is -0.449. The van der Waals surface area contributed by atoms with Crippen LogP contribution in [0, 0.1) is 17.8 Å². The molecular formula is C41H59ClN4O3S. The van der Waals surface area contributed by atoms with Gasteiger partial charge in [0.05, 0.1) is 25.5 Å². The summed E-state index contributed by atoms with van der Waals surface area (Å²) in [5.74, 6) is 6.89. The molecule has 50 heavy (non-hydrogen) atoms. The predicted molar refractivity (Wildman–Crippen MR) is 211 cm³/mol. The highest BCUT2D eigenvalue weighted by Gasteiger charge is 2.40. The zero-order valence-corrected chi connectivity index (χ0v) is 32.3. The van der Waals surface area contributed by atoms with E-state index in [2.05, 4.69) is 83.3 Å². The van der Waals surface area contributed by atoms with E-state index in [0.717, 1.165) is 94.7 Å². The van der Waals surface area contributed by atoms with Crippen LogP contribution in [0.15, 0.2) is 48.6 Å². The summed E-state index contributed by atoms with van der Waals surface area (Å²) < 4.78 is 15.6. The average Bonchev–Trinajstić information content (AvgIpc) is 3.28. The Morgan fingerprint density at radius 2 is 1.96 bits per heavy atom. The highest BCUT2D eigenvalue weighted by Crippen LogP contribution is 2.44. The molecule has 6 rings (SSSR count). The number of anilines is 1. The Kier molecular flexibility index (Phi) is 13.0. The van der Waals surface area contributed by atoms with Gasteiger partial charge in [0.25, 0.3) is 5.91 Å². The minimum absolute atomic E-state index is 0.0711. The highest BCUT2D eigenvalue weighted by molar-refractivity contribution is 8.13. The number of fused-ring (bicyclic) bond motifs is 2. The summed E-state index contributed by atoms with van der Waals surface area (Å²) in [5, 5.41) is 1.07. The number of hydrogen-bond acceptors (Lipinski definition) is 6. The molecule has 3 fully saturated rings. The van der Waals surface area contributed by atoms with Crippen LogP contribution in [-0.4, -0.2) is 98.5 Å². The second-order valence-electron chi connectivity index (χ2n) is 15.1. The van der Waals surface area contributed by atoms with Gasteiger partial charge in [0.2, 0.25) is 0 Å². The number of hydrogen-bond donors (Lipinski definition) is 1. The van der Waals surface area contributed by atoms with Crippen LogP contribution in [-0.2, 0) is 11.2 Å². The average molecular weight is 723 g/mol. The highest BCUT2D eigenvalue weighted by atomic mass is 35.5. The number of halogens is 1. The molecule has 1 N–H and O–H groups in total. The van der Waals surface area contributed by atoms with E-state index in [4.69, 9.17) is 21.1 Å². The Labute approximate surface area is 308 Å². The van der Waals surface area contributed by atoms with E-state index >= 15 is 0 Å². The van der Waals surface area contributed by atoms with Crippen molar-refractivity contribution < 1.29 is 14.3 Å². The van der Waals surface area contributed by atoms with Crippen molar-refractivity contribution in [1.29, 1.82) is 0 Å². The number of rotatable bonds is 13. The molecule has 1 saturated carbocycles. The number of piperazine rings is 1. The molecule has 1 amide bonds. The smallest absolute Gasteiger partial charge is 0.260 e. The summed E-state index contributed by atoms with van der Waals surface area (Å²) in [4.78, 5) is 21.3. The molecule has 6 atom stereocenters. The Morgan fingerprint density at radius 1 is 1.10 bits per heavy atom. The van der Waals surface area contributed by atoms with E-state index in [-0.39, 0.29) is 17.1 Å². The molecule has 274 valence electrons. The molecule has 0 bridgehead atoms. The lowest BCUT2D eigenvalue weighted by Crippen LogP contribution is -2.59. The minimum Gasteiger partial charge on any atom is -0.491 e. The number of aryl methyl sites for hydroxylation is 1. The third-order valence-corrected chi connectivity index (χ3v) is 13.2. The van der Waals surface area contributed by atoms with Gasteiger partial charge in [-0.3, -0.25) is 14.6 Å². The Bertz CT molecular complexity index is 1520. The zero-order valence-electron chi connectivity index (χ0n) is 30.7. The van der Waals surface area contributed by atoms with Crippen LogP contribution in [0.3, 0.4) is 0 Å². The topological polar surface area (TPSA) is 57.3 Å². The number of carbonyl (C=O) groups excluding carboxylic acids is 1. The fraction of sp³-hybridized carbons (Fsp3) is 0.610. The van der Waals surface area contributed by atoms with Crippen LogP contribution in [0.1, 0.15) is 80.8 Å². The maximum absolute atomic E-state index is 13.4. The van der Waals surface area contributed by atoms with Crippen molar-refractivity contribution in [2.75, 3.05) is 70.5 Å². The van der Waals surface area contributed by atoms with Gasteiger partial charge in [0.1, 0.15) is 5.75 Å². The summed E-state index contributed by atoms with van der Waals surface area (Å²) >= 11 is 6.51. The van der Waals surface area contributed by atoms with Gasteiger partial charge in [0, 0.05) is 73.6 Å². The Balaban J connectivity index is 1.26. The van der Waals surface area contributed by atoms with Crippen molar-refractivity contribution in [3.05, 3.63) is 70.3 Å². The number of benzene rings is 2. The lowest BCUT2D eigenvalue weighted by molar-refractivity contribution is -0.0492. The number of allylic oxidation sites excluding steroid dienone is 1. The zero-order chi connectivity index (χ0) is 35.2. The molecule has 2 aromatic rings. The Hall–Kier alpha value is -2.36. The third-order valence-electron chi connectivity index (χ3n) is 11.4. The monoisotopic (exact) mass is 722 g/mol. The van der Waals surface area contributed by atoms with E-state index in [1.807, 2.05) is 18.2 Å². The number of morpholine rings is 1. The first-order chi connectivity index (χ1) is 24.2. The number of nitrogens with one attached hydrogen (secondary N) is 1. The van der Waals surface area contributed by atoms with Crippen molar-refractivity contribution >= 4 is 39.7 Å². The predicted octanol–water partition coefficient (Wildman–Crippen LogP) is 7.65. The van der Waals surface area contributed by atoms with E-state index in [0.29, 0.717) is 36.0 Å². The van der Waals surface area contributed by atoms with Crippen molar-refractivity contribution in [1.82, 2.24) is 14.5 Å². The fourth-order valence-corrected chi connectivity index (χ4v) is 9.13. The van der Waals surface area contributed by atoms with Crippen molar-refractivity contribution in [3.8, 4) is 5.75 Å². The summed E-state index contributed by atoms with van der Waals surface area (Å²) in [5.41, 5.74) is 4.32. The molecule has 3 heterocycles. The fourth-order valence-electron chi connectivity index (χ4n) is 8.34. The number of ether oxygens (including phenoxy) is 2. The molecule has 9 heteroatoms. The van der Waals surface area contributed by atoms with Gasteiger partial charge >= 0.3 is 0 Å². The van der Waals surface area contributed by atoms with Gasteiger partial charge in [-0.25, -0.2) is 0 Å². The van der Waals surface area contributed by atoms with E-state index in [1.165, 1.54) is 24.0 Å². The summed E-state index contributed by atoms with van der Waals surface area (Å²) in [6, 6.07) is 12.9. The van der Waals surface area contributed by atoms with Crippen LogP contribution in [0.5, 0.6) is 5.75 Å². The van der Waals surface area contributed by atoms with Gasteiger partial charge in [-0.05, 0) is 84.9 Å². The second kappa shape index (κ2) is 17.4. The maximum atomic E-state index is 13.4. The van der Waals surface area contributed by atoms with Gasteiger partial charge in [-0.1, -0.05) is 80.5 Å². The van der Waals surface area contributed by atoms with E-state index in [9.17, 15) is 4.79 Å². The van der Waals surface area contributed by atoms with Crippen LogP contribution in [0.25, 0.3) is 0 Å². The van der Waals surface area contributed by atoms with Gasteiger partial charge in [-0.2, -0.15) is 0 Å². The van der Waals surface area contributed by atoms with Crippen LogP contribution < -0.4 is 14.4 Å². The van der Waals surface area contributed by atoms with Gasteiger partial charge in [0.15, 0.2) is 0 Å². The van der Waals surface area contributed by atoms with E-state index < -0.39 is 10.7 Å². The number of carbonyl (C=O) groups is 1. The van der Waals surface area contributed by atoms with Crippen LogP contribution >= 0.6 is 22.3 Å². The molecular weight excluding hydrogens is 664 g/mol. The van der Waals surface area contributed by atoms with Crippen molar-refractivity contribution in [2.24, 2.45) is 17.8 Å². The molecule has 4 aliphatic rings. The summed E-state index contributed by atoms with van der Waals surface area (Å²) in [6.07, 6.45) is 10.5. The van der Waals surface area contributed by atoms with Crippen LogP contribution in [0.2, 0.25) is 5.02 Å². The molecule has 1 aliphatic carbocycles. The lowest BCUT2D eigenvalue weighted by atomic mass is 9.66. The standard InChI is InChI=1S/C41H59ClN4O3S/c1-6-8-10-32(23-44-17-18-45-19-20-48-28-36(45)26-44)38-14-11-33(38)24-46-25-34(37-15-13-35(42)21-30(37)9-7-2)27-49-40-16-12-31(22-39(40)46)41(47)43-50(5)29(3)4/h8,10,12-13,15-16,21-22,29,32-34,36,38H,5-7,9,11,14,17-20,23-28H2,1-4H3,(H,43,47)/b10-8+. The maximum Gasteiger partial charge on any atom is 0.260 e. The molecule has 2 saturated heterocycles. The second-order valence-corrected chi connectivity index (χ2v) is 17.6. The lowest BCUT2D eigenvalue weighted by Gasteiger charge is -2.48. The van der Waals surface area contributed by atoms with Gasteiger partial charge < -0.3 is 19.1 Å². The van der Waals surface area contributed by atoms with Gasteiger partial charge in [-0.15, -0.1) is 0 Å². The first-order valence-corrected chi connectivity index (χ1v) is 20.9. The third kappa shape index (κ3) is 8.98. The largest absolute Gasteiger partial charge is 0.491 e. The van der Waals surface area contributed by atoms with Crippen molar-refractivity contribution in [2.45, 2.75) is 77.0 Å². The quantitative estimate of drug-likeness (QED) is 0.169. The molecule has 2 aromatic carbocycles. The molecule has 0 spiro atoms. The first-order valence-electron chi connectivity index (χ1n) is 19.1. The van der Waals surface area contributed by atoms with E-state index in [1.54, 1.807) is 0 Å². The molecule has 6 unspecified atom stereocenters. The Morgan fingerprint density at radius 3 is 2.72 bits per heavy atom. The first kappa shape index (κ1) is 37.4. The molecule has 0 radical (unpaired) electrons. The normalized spacial score (nSPS) is 25.7. The number of nitrogens with zero attached hydrogens (tertiary/aromatic N) is 3. The SMILES string of the molecule is C=S(NC(=O)c1ccc2c(c1)N(CC1CCC1C(/C=C/CC)CN1CCN3CCOCC3C1)CC(c1ccc(Cl)cc1CCC)CO2)C(C)C. The van der Waals surface area contributed by atoms with Crippen LogP contribution in [0.4, 0.5) is 5.69 Å². The molecule has 7 nitrogen and oxygen atoms in total. The van der Waals surface area contributed by atoms with Crippen molar-refractivity contribution in [3.63, 3.8) is 0 Å². The number of amides is 1.